The summed E-state index contributed by atoms with van der Waals surface area (Å²) in [5.41, 5.74) is 14.9. The van der Waals surface area contributed by atoms with Crippen LogP contribution in [0.3, 0.4) is 0 Å². The summed E-state index contributed by atoms with van der Waals surface area (Å²) in [4.78, 5) is 10.4. The third-order valence-corrected chi connectivity index (χ3v) is 9.09. The van der Waals surface area contributed by atoms with E-state index in [0.29, 0.717) is 5.88 Å². The molecule has 0 aliphatic carbocycles. The minimum absolute atomic E-state index is 0. The van der Waals surface area contributed by atoms with Gasteiger partial charge in [0.1, 0.15) is 5.75 Å². The van der Waals surface area contributed by atoms with Crippen molar-refractivity contribution in [2.24, 2.45) is 0 Å². The molecule has 0 saturated heterocycles. The van der Waals surface area contributed by atoms with Crippen molar-refractivity contribution in [1.29, 1.82) is 0 Å². The van der Waals surface area contributed by atoms with Gasteiger partial charge in [0.15, 0.2) is 0 Å². The molecule has 7 rings (SSSR count). The van der Waals surface area contributed by atoms with Gasteiger partial charge in [-0.1, -0.05) is 111 Å². The molecule has 4 aromatic carbocycles. The van der Waals surface area contributed by atoms with Crippen LogP contribution in [0.2, 0.25) is 0 Å². The number of benzene rings is 4. The molecule has 0 unspecified atom stereocenters. The van der Waals surface area contributed by atoms with Crippen LogP contribution in [0.1, 0.15) is 74.9 Å². The van der Waals surface area contributed by atoms with Gasteiger partial charge >= 0.3 is 22.4 Å². The van der Waals surface area contributed by atoms with Gasteiger partial charge in [-0.2, -0.15) is 28.8 Å². The van der Waals surface area contributed by atoms with E-state index in [1.165, 1.54) is 27.8 Å². The van der Waals surface area contributed by atoms with E-state index in [1.54, 1.807) is 0 Å². The van der Waals surface area contributed by atoms with Crippen LogP contribution in [0, 0.1) is 39.8 Å². The van der Waals surface area contributed by atoms with Gasteiger partial charge in [0, 0.05) is 5.69 Å². The maximum Gasteiger partial charge on any atom is 3.00 e. The second-order valence-electron chi connectivity index (χ2n) is 14.6. The Bertz CT molecular complexity index is 2150. The largest absolute Gasteiger partial charge is 3.00 e. The van der Waals surface area contributed by atoms with Gasteiger partial charge in [-0.15, -0.1) is 45.5 Å². The molecule has 0 N–H and O–H groups in total. The predicted octanol–water partition coefficient (Wildman–Crippen LogP) is 10.9. The van der Waals surface area contributed by atoms with Crippen molar-refractivity contribution >= 4 is 21.8 Å². The maximum absolute atomic E-state index is 6.69. The monoisotopic (exact) mass is 772 g/mol. The Hall–Kier alpha value is -3.63. The Balaban J connectivity index is 0.00000357. The van der Waals surface area contributed by atoms with E-state index in [-0.39, 0.29) is 33.2 Å². The molecule has 0 saturated carbocycles. The van der Waals surface area contributed by atoms with Gasteiger partial charge in [0.2, 0.25) is 5.88 Å². The third kappa shape index (κ3) is 5.25. The molecule has 0 fully saturated rings. The SMILES string of the molecule is Cc1cc(C)c2[c-]c1-c1cccc(n1)Oc1cc(C(C)(C)C)cc3c1[n-]c1c(cc(C(C)(C)C)cc13)-c1[c-]c-2c(C)cc1C.[Au+3]. The van der Waals surface area contributed by atoms with E-state index in [1.807, 2.05) is 18.2 Å². The molecule has 2 aromatic heterocycles. The van der Waals surface area contributed by atoms with Gasteiger partial charge < -0.3 is 9.72 Å². The molecule has 0 amide bonds. The Morgan fingerprint density at radius 2 is 1.16 bits per heavy atom. The van der Waals surface area contributed by atoms with Crippen molar-refractivity contribution < 1.29 is 27.1 Å². The molecule has 230 valence electrons. The summed E-state index contributed by atoms with van der Waals surface area (Å²) in [6.07, 6.45) is 0. The number of rotatable bonds is 0. The zero-order chi connectivity index (χ0) is 31.3. The Labute approximate surface area is 283 Å². The van der Waals surface area contributed by atoms with Gasteiger partial charge in [-0.05, 0) is 44.9 Å². The van der Waals surface area contributed by atoms with Gasteiger partial charge in [0.25, 0.3) is 0 Å². The smallest absolute Gasteiger partial charge is 0.660 e. The third-order valence-electron chi connectivity index (χ3n) is 9.09. The van der Waals surface area contributed by atoms with Crippen LogP contribution in [0.25, 0.3) is 55.3 Å². The number of aryl methyl sites for hydroxylation is 4. The molecule has 1 aliphatic heterocycles. The number of nitrogens with zero attached hydrogens (tertiary/aromatic N) is 2. The second-order valence-corrected chi connectivity index (χ2v) is 14.6. The summed E-state index contributed by atoms with van der Waals surface area (Å²) in [7, 11) is 0. The molecule has 3 nitrogen and oxygen atoms in total. The molecule has 3 heterocycles. The summed E-state index contributed by atoms with van der Waals surface area (Å²) in [5.74, 6) is 1.27. The van der Waals surface area contributed by atoms with Crippen molar-refractivity contribution in [3.8, 4) is 45.1 Å². The fourth-order valence-electron chi connectivity index (χ4n) is 6.51. The number of hydrogen-bond acceptors (Lipinski definition) is 2. The van der Waals surface area contributed by atoms with Crippen LogP contribution in [0.4, 0.5) is 0 Å². The van der Waals surface area contributed by atoms with E-state index in [2.05, 4.69) is 118 Å². The zero-order valence-corrected chi connectivity index (χ0v) is 30.0. The average Bonchev–Trinajstić information content (AvgIpc) is 3.31. The van der Waals surface area contributed by atoms with Crippen LogP contribution >= 0.6 is 0 Å². The molecule has 8 bridgehead atoms. The predicted molar refractivity (Wildman–Crippen MR) is 183 cm³/mol. The molecule has 4 heteroatoms. The summed E-state index contributed by atoms with van der Waals surface area (Å²) in [6.45, 7) is 22.2. The molecule has 0 spiro atoms. The van der Waals surface area contributed by atoms with Gasteiger partial charge in [-0.3, -0.25) is 4.98 Å². The van der Waals surface area contributed by atoms with Crippen LogP contribution in [0.15, 0.2) is 54.6 Å². The van der Waals surface area contributed by atoms with Gasteiger partial charge in [-0.25, -0.2) is 0 Å². The Morgan fingerprint density at radius 3 is 1.78 bits per heavy atom. The molecular weight excluding hydrogens is 733 g/mol. The van der Waals surface area contributed by atoms with E-state index in [9.17, 15) is 0 Å². The molecule has 6 aromatic rings. The Morgan fingerprint density at radius 1 is 0.622 bits per heavy atom. The Kier molecular flexibility index (Phi) is 7.48. The van der Waals surface area contributed by atoms with E-state index < -0.39 is 0 Å². The molecule has 0 radical (unpaired) electrons. The molecular formula is C41H39AuN2O. The first-order valence-corrected chi connectivity index (χ1v) is 15.5. The first-order valence-electron chi connectivity index (χ1n) is 15.5. The van der Waals surface area contributed by atoms with Crippen LogP contribution in [-0.2, 0) is 33.2 Å². The van der Waals surface area contributed by atoms with Crippen LogP contribution in [0.5, 0.6) is 11.6 Å². The normalized spacial score (nSPS) is 12.7. The summed E-state index contributed by atoms with van der Waals surface area (Å²) >= 11 is 0. The average molecular weight is 773 g/mol. The zero-order valence-electron chi connectivity index (χ0n) is 27.8. The van der Waals surface area contributed by atoms with E-state index in [0.717, 1.165) is 66.6 Å². The summed E-state index contributed by atoms with van der Waals surface area (Å²) in [5, 5.41) is 2.25. The number of hydrogen-bond donors (Lipinski definition) is 0. The minimum atomic E-state index is -0.0862. The molecule has 0 atom stereocenters. The van der Waals surface area contributed by atoms with E-state index in [4.69, 9.17) is 14.7 Å². The van der Waals surface area contributed by atoms with Crippen LogP contribution < -0.4 is 9.72 Å². The standard InChI is InChI=1S/C41H39N2O.Au/c1-22-14-24(3)30-20-28(22)29-21-31(25(4)15-23(29)2)35-12-11-13-37(42-35)44-36-19-27(41(8,9)10)18-34-33-17-26(40(5,6)7)16-32(30)38(33)43-39(34)36;/h11-19H,1-10H3;/q-3;+3. The number of ether oxygens (including phenoxy) is 1. The van der Waals surface area contributed by atoms with Crippen molar-refractivity contribution in [1.82, 2.24) is 9.97 Å². The van der Waals surface area contributed by atoms with Crippen molar-refractivity contribution in [2.75, 3.05) is 0 Å². The second kappa shape index (κ2) is 10.7. The van der Waals surface area contributed by atoms with E-state index >= 15 is 0 Å². The van der Waals surface area contributed by atoms with Crippen molar-refractivity contribution in [3.05, 3.63) is 100 Å². The number of pyridine rings is 1. The summed E-state index contributed by atoms with van der Waals surface area (Å²) < 4.78 is 6.69. The topological polar surface area (TPSA) is 36.2 Å². The maximum atomic E-state index is 6.69. The van der Waals surface area contributed by atoms with Crippen LogP contribution in [-0.4, -0.2) is 4.98 Å². The van der Waals surface area contributed by atoms with Crippen molar-refractivity contribution in [3.63, 3.8) is 0 Å². The number of aromatic nitrogens is 2. The fraction of sp³-hybridized carbons (Fsp3) is 0.293. The molecule has 1 aliphatic rings. The quantitative estimate of drug-likeness (QED) is 0.114. The first-order chi connectivity index (χ1) is 20.7. The number of fused-ring (bicyclic) bond motifs is 10. The fourth-order valence-corrected chi connectivity index (χ4v) is 6.51. The first kappa shape index (κ1) is 31.4. The minimum Gasteiger partial charge on any atom is -0.660 e. The van der Waals surface area contributed by atoms with Crippen molar-refractivity contribution in [2.45, 2.75) is 80.1 Å². The van der Waals surface area contributed by atoms with Gasteiger partial charge in [0.05, 0.1) is 0 Å². The summed E-state index contributed by atoms with van der Waals surface area (Å²) in [6, 6.07) is 27.3. The molecule has 45 heavy (non-hydrogen) atoms.